The number of aromatic nitrogens is 2. The van der Waals surface area contributed by atoms with Crippen LogP contribution in [-0.2, 0) is 26.1 Å². The van der Waals surface area contributed by atoms with Gasteiger partial charge in [0, 0.05) is 69.3 Å². The Morgan fingerprint density at radius 3 is 2.26 bits per heavy atom. The monoisotopic (exact) mass is 743 g/mol. The van der Waals surface area contributed by atoms with E-state index in [0.717, 1.165) is 67.7 Å². The number of carbonyl (C=O) groups is 5. The van der Waals surface area contributed by atoms with Gasteiger partial charge in [-0.2, -0.15) is 23.5 Å². The Morgan fingerprint density at radius 2 is 1.59 bits per heavy atom. The number of halogens is 3. The molecule has 4 fully saturated rings. The lowest BCUT2D eigenvalue weighted by molar-refractivity contribution is -0.138. The summed E-state index contributed by atoms with van der Waals surface area (Å²) in [6.07, 6.45) is -1.10. The van der Waals surface area contributed by atoms with Gasteiger partial charge in [-0.3, -0.25) is 43.8 Å². The smallest absolute Gasteiger partial charge is 0.368 e. The fraction of sp³-hybridized carbons (Fsp3) is 0.432. The summed E-state index contributed by atoms with van der Waals surface area (Å²) in [6, 6.07) is 9.10. The van der Waals surface area contributed by atoms with Crippen molar-refractivity contribution in [3.8, 4) is 6.07 Å². The molecule has 5 amide bonds. The van der Waals surface area contributed by atoms with Crippen LogP contribution in [0.15, 0.2) is 48.8 Å². The number of anilines is 3. The molecule has 2 N–H and O–H groups in total. The highest BCUT2D eigenvalue weighted by molar-refractivity contribution is 6.23. The van der Waals surface area contributed by atoms with Gasteiger partial charge in [-0.05, 0) is 68.5 Å². The maximum atomic E-state index is 13.5. The van der Waals surface area contributed by atoms with Gasteiger partial charge < -0.3 is 15.1 Å². The second-order valence-corrected chi connectivity index (χ2v) is 15.1. The molecule has 5 aliphatic heterocycles. The van der Waals surface area contributed by atoms with Crippen LogP contribution in [0.4, 0.5) is 30.2 Å². The third kappa shape index (κ3) is 5.94. The van der Waals surface area contributed by atoms with Crippen molar-refractivity contribution < 1.29 is 37.1 Å². The maximum absolute atomic E-state index is 13.5. The minimum Gasteiger partial charge on any atom is -0.368 e. The van der Waals surface area contributed by atoms with Crippen LogP contribution >= 0.6 is 0 Å². The predicted molar refractivity (Wildman–Crippen MR) is 186 cm³/mol. The third-order valence-electron chi connectivity index (χ3n) is 11.4. The standard InChI is InChI=1S/C37H36F3N9O5/c1-36(2,35(54)43-23-4-3-20(11-41)29(9-23)37(38,39)40)48-19-25(12-42-48)45-13-21-15-46(16-22(21)14-45)26-17-47(18-26)24-5-6-27-28(10-24)34(53)49(33(27)52)30-7-8-31(50)44-32(30)51/h3-6,9-10,12,19,21-22,26,30H,7-8,13-18H2,1-2H3,(H,43,54)(H,44,50,51). The summed E-state index contributed by atoms with van der Waals surface area (Å²) in [6.45, 7) is 8.26. The lowest BCUT2D eigenvalue weighted by Crippen LogP contribution is -2.59. The molecular formula is C37H36F3N9O5. The van der Waals surface area contributed by atoms with E-state index in [2.05, 4.69) is 30.4 Å². The van der Waals surface area contributed by atoms with Crippen LogP contribution in [0, 0.1) is 23.2 Å². The molecule has 2 aromatic carbocycles. The first-order valence-corrected chi connectivity index (χ1v) is 17.7. The van der Waals surface area contributed by atoms with E-state index >= 15 is 0 Å². The molecule has 0 bridgehead atoms. The molecule has 280 valence electrons. The average Bonchev–Trinajstić information content (AvgIpc) is 3.88. The molecule has 0 spiro atoms. The Hall–Kier alpha value is -5.76. The highest BCUT2D eigenvalue weighted by Crippen LogP contribution is 2.39. The number of benzene rings is 2. The Kier molecular flexibility index (Phi) is 8.29. The number of likely N-dealkylation sites (tertiary alicyclic amines) is 1. The van der Waals surface area contributed by atoms with E-state index in [0.29, 0.717) is 17.9 Å². The zero-order valence-corrected chi connectivity index (χ0v) is 29.4. The highest BCUT2D eigenvalue weighted by Gasteiger charge is 2.47. The van der Waals surface area contributed by atoms with Crippen molar-refractivity contribution in [2.75, 3.05) is 54.4 Å². The quantitative estimate of drug-likeness (QED) is 0.344. The molecule has 5 aliphatic rings. The van der Waals surface area contributed by atoms with E-state index in [-0.39, 0.29) is 29.7 Å². The van der Waals surface area contributed by atoms with Gasteiger partial charge in [-0.25, -0.2) is 0 Å². The van der Waals surface area contributed by atoms with Gasteiger partial charge in [-0.1, -0.05) is 0 Å². The van der Waals surface area contributed by atoms with E-state index in [9.17, 15) is 37.1 Å². The lowest BCUT2D eigenvalue weighted by atomic mass is 10.0. The maximum Gasteiger partial charge on any atom is 0.417 e. The minimum atomic E-state index is -4.75. The minimum absolute atomic E-state index is 0.0640. The molecule has 8 rings (SSSR count). The number of fused-ring (bicyclic) bond motifs is 2. The molecule has 0 saturated carbocycles. The van der Waals surface area contributed by atoms with Gasteiger partial charge in [0.15, 0.2) is 0 Å². The molecule has 0 aliphatic carbocycles. The van der Waals surface area contributed by atoms with Gasteiger partial charge in [-0.15, -0.1) is 0 Å². The van der Waals surface area contributed by atoms with Crippen molar-refractivity contribution in [1.82, 2.24) is 24.9 Å². The fourth-order valence-corrected chi connectivity index (χ4v) is 8.22. The normalized spacial score (nSPS) is 23.3. The SMILES string of the molecule is CC(C)(C(=O)Nc1ccc(C#N)c(C(F)(F)F)c1)n1cc(N2CC3CN(C4CN(c5ccc6c(c5)C(=O)N(C5CCC(=O)NC5=O)C6=O)C4)CC3C2)cn1. The molecule has 0 radical (unpaired) electrons. The third-order valence-corrected chi connectivity index (χ3v) is 11.4. The van der Waals surface area contributed by atoms with Gasteiger partial charge >= 0.3 is 6.18 Å². The van der Waals surface area contributed by atoms with Crippen LogP contribution < -0.4 is 20.4 Å². The summed E-state index contributed by atoms with van der Waals surface area (Å²) in [7, 11) is 0. The van der Waals surface area contributed by atoms with Crippen molar-refractivity contribution in [3.63, 3.8) is 0 Å². The number of hydrogen-bond donors (Lipinski definition) is 2. The lowest BCUT2D eigenvalue weighted by Gasteiger charge is -2.46. The largest absolute Gasteiger partial charge is 0.417 e. The first kappa shape index (κ1) is 35.3. The summed E-state index contributed by atoms with van der Waals surface area (Å²) >= 11 is 0. The molecule has 3 atom stereocenters. The number of nitrogens with zero attached hydrogens (tertiary/aromatic N) is 7. The summed E-state index contributed by atoms with van der Waals surface area (Å²) < 4.78 is 41.9. The van der Waals surface area contributed by atoms with Crippen molar-refractivity contribution >= 4 is 46.6 Å². The number of nitrogens with one attached hydrogen (secondary N) is 2. The number of piperidine rings is 1. The van der Waals surface area contributed by atoms with Gasteiger partial charge in [0.1, 0.15) is 11.6 Å². The number of carbonyl (C=O) groups excluding carboxylic acids is 5. The van der Waals surface area contributed by atoms with Crippen LogP contribution in [0.1, 0.15) is 58.5 Å². The molecule has 1 aromatic heterocycles. The van der Waals surface area contributed by atoms with E-state index in [1.54, 1.807) is 38.4 Å². The van der Waals surface area contributed by atoms with E-state index in [1.165, 1.54) is 16.8 Å². The number of amides is 5. The Bertz CT molecular complexity index is 2140. The zero-order chi connectivity index (χ0) is 38.3. The topological polar surface area (TPSA) is 164 Å². The summed E-state index contributed by atoms with van der Waals surface area (Å²) in [5.74, 6) is -1.81. The first-order chi connectivity index (χ1) is 25.6. The molecule has 3 unspecified atom stereocenters. The molecule has 17 heteroatoms. The van der Waals surface area contributed by atoms with Crippen LogP contribution in [0.2, 0.25) is 0 Å². The molecule has 3 aromatic rings. The average molecular weight is 744 g/mol. The summed E-state index contributed by atoms with van der Waals surface area (Å²) in [4.78, 5) is 71.5. The van der Waals surface area contributed by atoms with Crippen LogP contribution in [0.5, 0.6) is 0 Å². The number of hydrogen-bond acceptors (Lipinski definition) is 10. The Morgan fingerprint density at radius 1 is 0.907 bits per heavy atom. The van der Waals surface area contributed by atoms with Crippen molar-refractivity contribution in [3.05, 3.63) is 71.0 Å². The summed E-state index contributed by atoms with van der Waals surface area (Å²) in [5, 5.41) is 18.3. The van der Waals surface area contributed by atoms with E-state index in [4.69, 9.17) is 5.26 Å². The molecule has 6 heterocycles. The number of imide groups is 2. The molecular weight excluding hydrogens is 707 g/mol. The number of alkyl halides is 3. The molecule has 4 saturated heterocycles. The van der Waals surface area contributed by atoms with Gasteiger partial charge in [0.2, 0.25) is 11.8 Å². The van der Waals surface area contributed by atoms with Gasteiger partial charge in [0.05, 0.1) is 40.2 Å². The second kappa shape index (κ2) is 12.7. The fourth-order valence-electron chi connectivity index (χ4n) is 8.22. The van der Waals surface area contributed by atoms with Crippen LogP contribution in [0.25, 0.3) is 0 Å². The Balaban J connectivity index is 0.848. The number of rotatable bonds is 7. The second-order valence-electron chi connectivity index (χ2n) is 15.1. The van der Waals surface area contributed by atoms with Gasteiger partial charge in [0.25, 0.3) is 17.7 Å². The highest BCUT2D eigenvalue weighted by atomic mass is 19.4. The first-order valence-electron chi connectivity index (χ1n) is 17.7. The van der Waals surface area contributed by atoms with Crippen molar-refractivity contribution in [1.29, 1.82) is 5.26 Å². The Labute approximate surface area is 307 Å². The van der Waals surface area contributed by atoms with E-state index < -0.39 is 58.4 Å². The summed E-state index contributed by atoms with van der Waals surface area (Å²) in [5.41, 5.74) is -0.751. The predicted octanol–water partition coefficient (Wildman–Crippen LogP) is 2.81. The van der Waals surface area contributed by atoms with Crippen LogP contribution in [0.3, 0.4) is 0 Å². The zero-order valence-electron chi connectivity index (χ0n) is 29.4. The van der Waals surface area contributed by atoms with Crippen molar-refractivity contribution in [2.45, 2.75) is 50.5 Å². The van der Waals surface area contributed by atoms with Crippen LogP contribution in [-0.4, -0.2) is 100 Å². The number of nitriles is 1. The molecule has 54 heavy (non-hydrogen) atoms. The van der Waals surface area contributed by atoms with E-state index in [1.807, 2.05) is 6.07 Å². The molecule has 14 nitrogen and oxygen atoms in total. The van der Waals surface area contributed by atoms with Crippen molar-refractivity contribution in [2.24, 2.45) is 11.8 Å².